The highest BCUT2D eigenvalue weighted by molar-refractivity contribution is 7.99. The molecule has 0 aliphatic carbocycles. The minimum Gasteiger partial charge on any atom is -0.473 e. The molecule has 8 nitrogen and oxygen atoms in total. The Kier molecular flexibility index (Phi) is 7.35. The Labute approximate surface area is 186 Å². The summed E-state index contributed by atoms with van der Waals surface area (Å²) in [6, 6.07) is 18.6. The second-order valence-electron chi connectivity index (χ2n) is 6.87. The Morgan fingerprint density at radius 3 is 2.48 bits per heavy atom. The van der Waals surface area contributed by atoms with E-state index in [0.29, 0.717) is 11.6 Å². The second kappa shape index (κ2) is 10.2. The van der Waals surface area contributed by atoms with Crippen molar-refractivity contribution in [1.29, 1.82) is 0 Å². The maximum absolute atomic E-state index is 12.2. The molecule has 3 rings (SSSR count). The predicted molar refractivity (Wildman–Crippen MR) is 126 cm³/mol. The first-order valence-corrected chi connectivity index (χ1v) is 10.8. The van der Waals surface area contributed by atoms with Gasteiger partial charge in [0.2, 0.25) is 5.88 Å². The number of nitrogens with two attached hydrogens (primary N) is 2. The Hall–Kier alpha value is -3.27. The van der Waals surface area contributed by atoms with Crippen molar-refractivity contribution in [2.24, 2.45) is 11.7 Å². The average molecular weight is 439 g/mol. The molecule has 0 aliphatic rings. The zero-order chi connectivity index (χ0) is 22.4. The molecule has 0 radical (unpaired) electrons. The lowest BCUT2D eigenvalue weighted by atomic mass is 10.1. The molecule has 0 saturated heterocycles. The maximum Gasteiger partial charge on any atom is 0.352 e. The number of nitrogens with zero attached hydrogens (tertiary/aromatic N) is 3. The van der Waals surface area contributed by atoms with Crippen molar-refractivity contribution in [3.8, 4) is 17.1 Å². The molecule has 0 bridgehead atoms. The SMILES string of the molecule is CSNc1ccc(-c2cccc(OCc3c(C)cccc3N(N)C(=O)N(C)N)n2)cc1. The normalized spacial score (nSPS) is 10.5. The fraction of sp³-hybridized carbons (Fsp3) is 0.182. The van der Waals surface area contributed by atoms with Gasteiger partial charge >= 0.3 is 6.03 Å². The average Bonchev–Trinajstić information content (AvgIpc) is 2.78. The van der Waals surface area contributed by atoms with Gasteiger partial charge in [0.25, 0.3) is 0 Å². The van der Waals surface area contributed by atoms with Crippen molar-refractivity contribution in [3.63, 3.8) is 0 Å². The van der Waals surface area contributed by atoms with Crippen LogP contribution in [0.5, 0.6) is 5.88 Å². The van der Waals surface area contributed by atoms with Crippen LogP contribution in [0.25, 0.3) is 11.3 Å². The van der Waals surface area contributed by atoms with E-state index in [1.54, 1.807) is 24.1 Å². The summed E-state index contributed by atoms with van der Waals surface area (Å²) < 4.78 is 9.16. The lowest BCUT2D eigenvalue weighted by Crippen LogP contribution is -2.49. The predicted octanol–water partition coefficient (Wildman–Crippen LogP) is 3.93. The highest BCUT2D eigenvalue weighted by Crippen LogP contribution is 2.26. The molecule has 1 heterocycles. The van der Waals surface area contributed by atoms with Gasteiger partial charge in [-0.25, -0.2) is 26.5 Å². The first-order chi connectivity index (χ1) is 14.9. The molecule has 0 fully saturated rings. The summed E-state index contributed by atoms with van der Waals surface area (Å²) in [7, 11) is 1.44. The Morgan fingerprint density at radius 2 is 1.81 bits per heavy atom. The number of ether oxygens (including phenoxy) is 1. The number of carbonyl (C=O) groups is 1. The van der Waals surface area contributed by atoms with E-state index in [1.807, 2.05) is 61.7 Å². The van der Waals surface area contributed by atoms with Gasteiger partial charge in [-0.2, -0.15) is 0 Å². The maximum atomic E-state index is 12.2. The van der Waals surface area contributed by atoms with Gasteiger partial charge < -0.3 is 9.46 Å². The number of hydrazine groups is 2. The van der Waals surface area contributed by atoms with Gasteiger partial charge in [-0.05, 0) is 36.8 Å². The zero-order valence-electron chi connectivity index (χ0n) is 17.7. The van der Waals surface area contributed by atoms with Gasteiger partial charge in [-0.15, -0.1) is 0 Å². The molecule has 0 unspecified atom stereocenters. The van der Waals surface area contributed by atoms with E-state index in [9.17, 15) is 4.79 Å². The number of amides is 2. The number of aryl methyl sites for hydroxylation is 1. The van der Waals surface area contributed by atoms with Crippen LogP contribution in [0.4, 0.5) is 16.2 Å². The minimum atomic E-state index is -0.536. The molecule has 3 aromatic rings. The first kappa shape index (κ1) is 22.4. The molecule has 31 heavy (non-hydrogen) atoms. The number of aromatic nitrogens is 1. The van der Waals surface area contributed by atoms with Crippen molar-refractivity contribution >= 4 is 29.4 Å². The van der Waals surface area contributed by atoms with E-state index in [4.69, 9.17) is 16.4 Å². The summed E-state index contributed by atoms with van der Waals surface area (Å²) in [5, 5.41) is 1.94. The number of anilines is 2. The Morgan fingerprint density at radius 1 is 1.10 bits per heavy atom. The largest absolute Gasteiger partial charge is 0.473 e. The summed E-state index contributed by atoms with van der Waals surface area (Å²) >= 11 is 1.54. The number of rotatable bonds is 7. The van der Waals surface area contributed by atoms with Gasteiger partial charge in [0.05, 0.1) is 11.4 Å². The zero-order valence-corrected chi connectivity index (χ0v) is 18.5. The fourth-order valence-corrected chi connectivity index (χ4v) is 3.37. The van der Waals surface area contributed by atoms with Gasteiger partial charge in [0.15, 0.2) is 0 Å². The third kappa shape index (κ3) is 5.46. The summed E-state index contributed by atoms with van der Waals surface area (Å²) in [5.74, 6) is 12.0. The summed E-state index contributed by atoms with van der Waals surface area (Å²) in [6.45, 7) is 2.13. The first-order valence-electron chi connectivity index (χ1n) is 9.55. The molecule has 2 aromatic carbocycles. The highest BCUT2D eigenvalue weighted by Gasteiger charge is 2.19. The number of pyridine rings is 1. The lowest BCUT2D eigenvalue weighted by molar-refractivity contribution is 0.216. The molecule has 0 saturated carbocycles. The number of carbonyl (C=O) groups excluding carboxylic acids is 1. The molecule has 0 spiro atoms. The number of nitrogens with one attached hydrogen (secondary N) is 1. The molecule has 0 atom stereocenters. The number of urea groups is 1. The molecule has 1 aromatic heterocycles. The van der Waals surface area contributed by atoms with Crippen LogP contribution in [-0.4, -0.2) is 29.3 Å². The van der Waals surface area contributed by atoms with E-state index >= 15 is 0 Å². The van der Waals surface area contributed by atoms with Crippen LogP contribution in [0, 0.1) is 6.92 Å². The number of benzene rings is 2. The van der Waals surface area contributed by atoms with Crippen molar-refractivity contribution in [2.45, 2.75) is 13.5 Å². The van der Waals surface area contributed by atoms with Crippen LogP contribution in [0.3, 0.4) is 0 Å². The van der Waals surface area contributed by atoms with Gasteiger partial charge in [-0.3, -0.25) is 5.01 Å². The van der Waals surface area contributed by atoms with Crippen molar-refractivity contribution in [2.75, 3.05) is 23.0 Å². The minimum absolute atomic E-state index is 0.199. The molecule has 0 aliphatic heterocycles. The standard InChI is InChI=1S/C22H26N6O2S/c1-15-6-4-8-20(28(24)22(29)27(2)23)18(15)14-30-21-9-5-7-19(25-21)16-10-12-17(13-11-16)26-31-3/h4-13,26H,14,23-24H2,1-3H3. The highest BCUT2D eigenvalue weighted by atomic mass is 32.2. The third-order valence-electron chi connectivity index (χ3n) is 4.64. The smallest absolute Gasteiger partial charge is 0.352 e. The topological polar surface area (TPSA) is 110 Å². The van der Waals surface area contributed by atoms with Gasteiger partial charge in [0.1, 0.15) is 6.61 Å². The number of hydrogen-bond acceptors (Lipinski definition) is 7. The monoisotopic (exact) mass is 438 g/mol. The van der Waals surface area contributed by atoms with Gasteiger partial charge in [0, 0.05) is 36.2 Å². The van der Waals surface area contributed by atoms with Crippen LogP contribution in [0.15, 0.2) is 60.7 Å². The summed E-state index contributed by atoms with van der Waals surface area (Å²) in [5.41, 5.74) is 5.06. The van der Waals surface area contributed by atoms with Crippen LogP contribution in [0.2, 0.25) is 0 Å². The van der Waals surface area contributed by atoms with E-state index in [1.165, 1.54) is 7.05 Å². The molecular weight excluding hydrogens is 412 g/mol. The quantitative estimate of drug-likeness (QED) is 0.222. The van der Waals surface area contributed by atoms with Crippen LogP contribution >= 0.6 is 11.9 Å². The summed E-state index contributed by atoms with van der Waals surface area (Å²) in [4.78, 5) is 16.8. The van der Waals surface area contributed by atoms with Crippen LogP contribution in [-0.2, 0) is 6.61 Å². The molecule has 5 N–H and O–H groups in total. The van der Waals surface area contributed by atoms with E-state index in [2.05, 4.69) is 9.71 Å². The molecular formula is C22H26N6O2S. The Balaban J connectivity index is 1.79. The second-order valence-corrected chi connectivity index (χ2v) is 7.48. The molecule has 162 valence electrons. The molecule has 9 heteroatoms. The molecule has 2 amide bonds. The van der Waals surface area contributed by atoms with E-state index in [0.717, 1.165) is 38.1 Å². The van der Waals surface area contributed by atoms with Gasteiger partial charge in [-0.1, -0.05) is 42.3 Å². The number of hydrogen-bond donors (Lipinski definition) is 3. The summed E-state index contributed by atoms with van der Waals surface area (Å²) in [6.07, 6.45) is 1.98. The van der Waals surface area contributed by atoms with E-state index < -0.39 is 6.03 Å². The third-order valence-corrected chi connectivity index (χ3v) is 5.08. The Bertz CT molecular complexity index is 1040. The fourth-order valence-electron chi connectivity index (χ4n) is 3.00. The van der Waals surface area contributed by atoms with Crippen molar-refractivity contribution < 1.29 is 9.53 Å². The van der Waals surface area contributed by atoms with Crippen molar-refractivity contribution in [1.82, 2.24) is 9.99 Å². The van der Waals surface area contributed by atoms with E-state index in [-0.39, 0.29) is 6.61 Å². The van der Waals surface area contributed by atoms with Crippen LogP contribution in [0.1, 0.15) is 11.1 Å². The van der Waals surface area contributed by atoms with Crippen molar-refractivity contribution in [3.05, 3.63) is 71.8 Å². The lowest BCUT2D eigenvalue weighted by Gasteiger charge is -2.24. The van der Waals surface area contributed by atoms with Crippen LogP contribution < -0.4 is 26.2 Å².